The molecule has 1 aromatic carbocycles. The molecular formula is C16H24N2O. The zero-order valence-electron chi connectivity index (χ0n) is 11.9. The molecule has 2 N–H and O–H groups in total. The molecule has 1 saturated carbocycles. The number of rotatable bonds is 4. The lowest BCUT2D eigenvalue weighted by atomic mass is 9.91. The molecule has 0 spiro atoms. The highest BCUT2D eigenvalue weighted by Crippen LogP contribution is 2.27. The second kappa shape index (κ2) is 5.74. The van der Waals surface area contributed by atoms with Crippen molar-refractivity contribution in [3.63, 3.8) is 0 Å². The summed E-state index contributed by atoms with van der Waals surface area (Å²) in [6, 6.07) is 9.62. The lowest BCUT2D eigenvalue weighted by molar-refractivity contribution is -0.136. The van der Waals surface area contributed by atoms with Crippen molar-refractivity contribution < 1.29 is 4.79 Å². The summed E-state index contributed by atoms with van der Waals surface area (Å²) in [5.41, 5.74) is 6.20. The predicted molar refractivity (Wildman–Crippen MR) is 77.6 cm³/mol. The normalized spacial score (nSPS) is 19.1. The van der Waals surface area contributed by atoms with Crippen LogP contribution < -0.4 is 5.73 Å². The molecule has 1 amide bonds. The largest absolute Gasteiger partial charge is 0.344 e. The molecule has 0 radical (unpaired) electrons. The molecule has 0 aromatic heterocycles. The third-order valence-electron chi connectivity index (χ3n) is 4.17. The van der Waals surface area contributed by atoms with Crippen molar-refractivity contribution >= 4 is 5.91 Å². The number of carbonyl (C=O) groups excluding carboxylic acids is 1. The van der Waals surface area contributed by atoms with E-state index in [2.05, 4.69) is 0 Å². The molecule has 1 unspecified atom stereocenters. The number of amides is 1. The van der Waals surface area contributed by atoms with Crippen LogP contribution in [0.1, 0.15) is 38.2 Å². The van der Waals surface area contributed by atoms with Crippen LogP contribution in [-0.2, 0) is 10.3 Å². The summed E-state index contributed by atoms with van der Waals surface area (Å²) in [6.07, 6.45) is 5.07. The molecule has 0 saturated heterocycles. The topological polar surface area (TPSA) is 46.3 Å². The molecule has 0 heterocycles. The van der Waals surface area contributed by atoms with E-state index in [0.717, 1.165) is 12.1 Å². The van der Waals surface area contributed by atoms with Gasteiger partial charge in [-0.1, -0.05) is 43.2 Å². The van der Waals surface area contributed by atoms with Crippen molar-refractivity contribution in [2.24, 2.45) is 11.7 Å². The first-order chi connectivity index (χ1) is 9.01. The van der Waals surface area contributed by atoms with Crippen molar-refractivity contribution in [1.82, 2.24) is 4.90 Å². The predicted octanol–water partition coefficient (Wildman–Crippen LogP) is 2.51. The molecule has 3 heteroatoms. The Hall–Kier alpha value is -1.35. The van der Waals surface area contributed by atoms with Crippen molar-refractivity contribution in [2.45, 2.75) is 38.1 Å². The Kier molecular flexibility index (Phi) is 4.25. The molecule has 1 fully saturated rings. The highest BCUT2D eigenvalue weighted by molar-refractivity contribution is 5.86. The minimum Gasteiger partial charge on any atom is -0.344 e. The molecule has 19 heavy (non-hydrogen) atoms. The highest BCUT2D eigenvalue weighted by atomic mass is 16.2. The third kappa shape index (κ3) is 3.16. The lowest BCUT2D eigenvalue weighted by Crippen LogP contribution is -2.50. The van der Waals surface area contributed by atoms with E-state index in [1.54, 1.807) is 6.92 Å². The van der Waals surface area contributed by atoms with E-state index < -0.39 is 5.54 Å². The summed E-state index contributed by atoms with van der Waals surface area (Å²) in [4.78, 5) is 14.4. The molecule has 1 aliphatic rings. The van der Waals surface area contributed by atoms with E-state index >= 15 is 0 Å². The molecule has 0 aliphatic heterocycles. The zero-order valence-corrected chi connectivity index (χ0v) is 11.9. The van der Waals surface area contributed by atoms with E-state index in [1.165, 1.54) is 25.7 Å². The fourth-order valence-corrected chi connectivity index (χ4v) is 2.97. The van der Waals surface area contributed by atoms with Crippen LogP contribution in [0.15, 0.2) is 30.3 Å². The van der Waals surface area contributed by atoms with Crippen LogP contribution in [0.2, 0.25) is 0 Å². The number of benzene rings is 1. The number of nitrogens with zero attached hydrogens (tertiary/aromatic N) is 1. The van der Waals surface area contributed by atoms with E-state index in [4.69, 9.17) is 5.73 Å². The lowest BCUT2D eigenvalue weighted by Gasteiger charge is -2.31. The maximum Gasteiger partial charge on any atom is 0.246 e. The Morgan fingerprint density at radius 2 is 1.89 bits per heavy atom. The Bertz CT molecular complexity index is 422. The standard InChI is InChI=1S/C16H24N2O/c1-16(17,14-10-4-3-5-11-14)15(19)18(2)12-13-8-6-7-9-13/h3-5,10-11,13H,6-9,12,17H2,1-2H3. The van der Waals surface area contributed by atoms with Gasteiger partial charge in [-0.15, -0.1) is 0 Å². The van der Waals surface area contributed by atoms with Gasteiger partial charge in [0.15, 0.2) is 0 Å². The second-order valence-electron chi connectivity index (χ2n) is 5.90. The van der Waals surface area contributed by atoms with Gasteiger partial charge in [0.25, 0.3) is 0 Å². The molecule has 1 aromatic rings. The van der Waals surface area contributed by atoms with Gasteiger partial charge in [-0.2, -0.15) is 0 Å². The molecule has 1 aliphatic carbocycles. The van der Waals surface area contributed by atoms with Crippen LogP contribution >= 0.6 is 0 Å². The maximum absolute atomic E-state index is 12.6. The van der Waals surface area contributed by atoms with Crippen LogP contribution in [0.3, 0.4) is 0 Å². The average Bonchev–Trinajstić information content (AvgIpc) is 2.91. The zero-order chi connectivity index (χ0) is 13.9. The van der Waals surface area contributed by atoms with Gasteiger partial charge in [-0.25, -0.2) is 0 Å². The Balaban J connectivity index is 2.04. The maximum atomic E-state index is 12.6. The molecule has 1 atom stereocenters. The van der Waals surface area contributed by atoms with Crippen LogP contribution in [0.25, 0.3) is 0 Å². The first-order valence-electron chi connectivity index (χ1n) is 7.12. The van der Waals surface area contributed by atoms with Gasteiger partial charge < -0.3 is 10.6 Å². The Labute approximate surface area is 115 Å². The van der Waals surface area contributed by atoms with Gasteiger partial charge in [-0.3, -0.25) is 4.79 Å². The van der Waals surface area contributed by atoms with Crippen LogP contribution in [-0.4, -0.2) is 24.4 Å². The number of nitrogens with two attached hydrogens (primary N) is 1. The molecular weight excluding hydrogens is 236 g/mol. The molecule has 0 bridgehead atoms. The van der Waals surface area contributed by atoms with E-state index in [9.17, 15) is 4.79 Å². The first-order valence-corrected chi connectivity index (χ1v) is 7.12. The molecule has 2 rings (SSSR count). The fraction of sp³-hybridized carbons (Fsp3) is 0.562. The molecule has 3 nitrogen and oxygen atoms in total. The smallest absolute Gasteiger partial charge is 0.246 e. The van der Waals surface area contributed by atoms with E-state index in [-0.39, 0.29) is 5.91 Å². The number of hydrogen-bond acceptors (Lipinski definition) is 2. The number of likely N-dealkylation sites (N-methyl/N-ethyl adjacent to an activating group) is 1. The quantitative estimate of drug-likeness (QED) is 0.904. The monoisotopic (exact) mass is 260 g/mol. The average molecular weight is 260 g/mol. The molecule has 104 valence electrons. The highest BCUT2D eigenvalue weighted by Gasteiger charge is 2.33. The van der Waals surface area contributed by atoms with Gasteiger partial charge in [0.1, 0.15) is 5.54 Å². The number of hydrogen-bond donors (Lipinski definition) is 1. The van der Waals surface area contributed by atoms with Crippen molar-refractivity contribution in [2.75, 3.05) is 13.6 Å². The Morgan fingerprint density at radius 1 is 1.32 bits per heavy atom. The van der Waals surface area contributed by atoms with Crippen molar-refractivity contribution in [3.8, 4) is 0 Å². The van der Waals surface area contributed by atoms with Crippen LogP contribution in [0.5, 0.6) is 0 Å². The third-order valence-corrected chi connectivity index (χ3v) is 4.17. The van der Waals surface area contributed by atoms with Crippen LogP contribution in [0.4, 0.5) is 0 Å². The minimum atomic E-state index is -0.936. The summed E-state index contributed by atoms with van der Waals surface area (Å²) >= 11 is 0. The summed E-state index contributed by atoms with van der Waals surface area (Å²) in [6.45, 7) is 2.63. The number of carbonyl (C=O) groups is 1. The van der Waals surface area contributed by atoms with Gasteiger partial charge in [0.2, 0.25) is 5.91 Å². The van der Waals surface area contributed by atoms with Gasteiger partial charge in [0.05, 0.1) is 0 Å². The van der Waals surface area contributed by atoms with Gasteiger partial charge in [0, 0.05) is 13.6 Å². The second-order valence-corrected chi connectivity index (χ2v) is 5.90. The van der Waals surface area contributed by atoms with Crippen molar-refractivity contribution in [3.05, 3.63) is 35.9 Å². The summed E-state index contributed by atoms with van der Waals surface area (Å²) < 4.78 is 0. The van der Waals surface area contributed by atoms with Gasteiger partial charge in [-0.05, 0) is 31.2 Å². The van der Waals surface area contributed by atoms with Crippen LogP contribution in [0, 0.1) is 5.92 Å². The summed E-state index contributed by atoms with van der Waals surface area (Å²) in [7, 11) is 1.87. The Morgan fingerprint density at radius 3 is 2.47 bits per heavy atom. The first kappa shape index (κ1) is 14.1. The van der Waals surface area contributed by atoms with E-state index in [0.29, 0.717) is 5.92 Å². The van der Waals surface area contributed by atoms with Crippen molar-refractivity contribution in [1.29, 1.82) is 0 Å². The van der Waals surface area contributed by atoms with E-state index in [1.807, 2.05) is 42.3 Å². The SMILES string of the molecule is CN(CC1CCCC1)C(=O)C(C)(N)c1ccccc1. The summed E-state index contributed by atoms with van der Waals surface area (Å²) in [5.74, 6) is 0.658. The minimum absolute atomic E-state index is 0.00519. The summed E-state index contributed by atoms with van der Waals surface area (Å²) in [5, 5.41) is 0. The van der Waals surface area contributed by atoms with Gasteiger partial charge >= 0.3 is 0 Å². The fourth-order valence-electron chi connectivity index (χ4n) is 2.97.